The van der Waals surface area contributed by atoms with E-state index in [1.165, 1.54) is 32.1 Å². The molecular formula is C11H23NO. The molecule has 1 rings (SSSR count). The first kappa shape index (κ1) is 11.0. The van der Waals surface area contributed by atoms with Gasteiger partial charge in [-0.3, -0.25) is 0 Å². The highest BCUT2D eigenvalue weighted by Gasteiger charge is 2.32. The lowest BCUT2D eigenvalue weighted by atomic mass is 9.84. The Morgan fingerprint density at radius 3 is 2.23 bits per heavy atom. The van der Waals surface area contributed by atoms with Crippen LogP contribution in [0.5, 0.6) is 0 Å². The maximum atomic E-state index is 5.94. The Bertz CT molecular complexity index is 134. The number of rotatable bonds is 4. The molecule has 78 valence electrons. The average Bonchev–Trinajstić information content (AvgIpc) is 2.04. The van der Waals surface area contributed by atoms with E-state index in [9.17, 15) is 0 Å². The third kappa shape index (κ3) is 3.28. The van der Waals surface area contributed by atoms with Crippen molar-refractivity contribution in [3.05, 3.63) is 0 Å². The van der Waals surface area contributed by atoms with Gasteiger partial charge in [-0.05, 0) is 33.9 Å². The van der Waals surface area contributed by atoms with Crippen LogP contribution in [0.4, 0.5) is 0 Å². The fourth-order valence-electron chi connectivity index (χ4n) is 2.43. The monoisotopic (exact) mass is 185 g/mol. The molecule has 0 heterocycles. The number of likely N-dealkylation sites (N-methyl/N-ethyl adjacent to an activating group) is 1. The van der Waals surface area contributed by atoms with E-state index in [0.29, 0.717) is 0 Å². The molecule has 2 heteroatoms. The van der Waals surface area contributed by atoms with Crippen molar-refractivity contribution in [2.75, 3.05) is 27.2 Å². The molecule has 0 atom stereocenters. The van der Waals surface area contributed by atoms with Crippen LogP contribution in [0.15, 0.2) is 0 Å². The highest BCUT2D eigenvalue weighted by Crippen LogP contribution is 2.31. The smallest absolute Gasteiger partial charge is 0.0808 e. The van der Waals surface area contributed by atoms with Gasteiger partial charge < -0.3 is 9.64 Å². The molecular weight excluding hydrogens is 162 g/mol. The molecule has 0 spiro atoms. The van der Waals surface area contributed by atoms with Gasteiger partial charge in [0, 0.05) is 13.2 Å². The largest absolute Gasteiger partial charge is 0.374 e. The highest BCUT2D eigenvalue weighted by atomic mass is 16.5. The van der Waals surface area contributed by atoms with E-state index in [1.54, 1.807) is 0 Å². The molecule has 2 nitrogen and oxygen atoms in total. The van der Waals surface area contributed by atoms with Crippen LogP contribution < -0.4 is 0 Å². The molecule has 1 fully saturated rings. The summed E-state index contributed by atoms with van der Waals surface area (Å²) in [5.41, 5.74) is 0.177. The second-order valence-electron chi connectivity index (χ2n) is 4.41. The molecule has 13 heavy (non-hydrogen) atoms. The first-order valence-electron chi connectivity index (χ1n) is 5.47. The summed E-state index contributed by atoms with van der Waals surface area (Å²) in [6.45, 7) is 4.04. The second-order valence-corrected chi connectivity index (χ2v) is 4.41. The normalized spacial score (nSPS) is 22.2. The number of ether oxygens (including phenoxy) is 1. The Kier molecular flexibility index (Phi) is 4.20. The third-order valence-corrected chi connectivity index (χ3v) is 2.82. The van der Waals surface area contributed by atoms with Crippen LogP contribution in [-0.4, -0.2) is 37.7 Å². The zero-order chi connectivity index (χ0) is 9.73. The summed E-state index contributed by atoms with van der Waals surface area (Å²) in [5.74, 6) is 0. The van der Waals surface area contributed by atoms with Crippen LogP contribution in [0.2, 0.25) is 0 Å². The number of nitrogens with zero attached hydrogens (tertiary/aromatic N) is 1. The minimum atomic E-state index is 0.177. The van der Waals surface area contributed by atoms with E-state index in [-0.39, 0.29) is 5.60 Å². The zero-order valence-electron chi connectivity index (χ0n) is 9.31. The standard InChI is InChI=1S/C11H23NO/c1-4-13-11(10-12(2)3)8-6-5-7-9-11/h4-10H2,1-3H3. The summed E-state index contributed by atoms with van der Waals surface area (Å²) < 4.78 is 5.94. The molecule has 0 saturated heterocycles. The van der Waals surface area contributed by atoms with Crippen LogP contribution in [0.3, 0.4) is 0 Å². The second kappa shape index (κ2) is 4.97. The minimum Gasteiger partial charge on any atom is -0.374 e. The van der Waals surface area contributed by atoms with Crippen molar-refractivity contribution < 1.29 is 4.74 Å². The van der Waals surface area contributed by atoms with Crippen molar-refractivity contribution in [3.63, 3.8) is 0 Å². The predicted molar refractivity (Wildman–Crippen MR) is 56.0 cm³/mol. The van der Waals surface area contributed by atoms with Gasteiger partial charge in [0.1, 0.15) is 0 Å². The molecule has 0 radical (unpaired) electrons. The molecule has 0 aromatic carbocycles. The number of hydrogen-bond donors (Lipinski definition) is 0. The summed E-state index contributed by atoms with van der Waals surface area (Å²) >= 11 is 0. The maximum Gasteiger partial charge on any atom is 0.0808 e. The van der Waals surface area contributed by atoms with Gasteiger partial charge in [-0.15, -0.1) is 0 Å². The van der Waals surface area contributed by atoms with Crippen molar-refractivity contribution in [3.8, 4) is 0 Å². The fourth-order valence-corrected chi connectivity index (χ4v) is 2.43. The van der Waals surface area contributed by atoms with Gasteiger partial charge in [0.25, 0.3) is 0 Å². The molecule has 0 unspecified atom stereocenters. The topological polar surface area (TPSA) is 12.5 Å². The van der Waals surface area contributed by atoms with E-state index in [0.717, 1.165) is 13.2 Å². The SMILES string of the molecule is CCOC1(CN(C)C)CCCCC1. The van der Waals surface area contributed by atoms with E-state index >= 15 is 0 Å². The molecule has 0 amide bonds. The van der Waals surface area contributed by atoms with Crippen molar-refractivity contribution in [2.45, 2.75) is 44.6 Å². The molecule has 1 aliphatic rings. The zero-order valence-corrected chi connectivity index (χ0v) is 9.31. The van der Waals surface area contributed by atoms with Gasteiger partial charge >= 0.3 is 0 Å². The molecule has 1 aliphatic carbocycles. The van der Waals surface area contributed by atoms with Crippen LogP contribution in [0.1, 0.15) is 39.0 Å². The van der Waals surface area contributed by atoms with E-state index in [4.69, 9.17) is 4.74 Å². The fraction of sp³-hybridized carbons (Fsp3) is 1.00. The van der Waals surface area contributed by atoms with Crippen molar-refractivity contribution in [1.82, 2.24) is 4.90 Å². The lowest BCUT2D eigenvalue weighted by molar-refractivity contribution is -0.0774. The third-order valence-electron chi connectivity index (χ3n) is 2.82. The Hall–Kier alpha value is -0.0800. The Labute approximate surface area is 82.3 Å². The van der Waals surface area contributed by atoms with Crippen molar-refractivity contribution >= 4 is 0 Å². The van der Waals surface area contributed by atoms with E-state index in [1.807, 2.05) is 0 Å². The molecule has 1 saturated carbocycles. The quantitative estimate of drug-likeness (QED) is 0.666. The van der Waals surface area contributed by atoms with E-state index in [2.05, 4.69) is 25.9 Å². The Morgan fingerprint density at radius 1 is 1.15 bits per heavy atom. The molecule has 0 aliphatic heterocycles. The van der Waals surface area contributed by atoms with Gasteiger partial charge in [-0.2, -0.15) is 0 Å². The van der Waals surface area contributed by atoms with Gasteiger partial charge in [0.2, 0.25) is 0 Å². The minimum absolute atomic E-state index is 0.177. The summed E-state index contributed by atoms with van der Waals surface area (Å²) in [4.78, 5) is 2.25. The van der Waals surface area contributed by atoms with E-state index < -0.39 is 0 Å². The van der Waals surface area contributed by atoms with Crippen LogP contribution in [-0.2, 0) is 4.74 Å². The van der Waals surface area contributed by atoms with Crippen molar-refractivity contribution in [1.29, 1.82) is 0 Å². The van der Waals surface area contributed by atoms with Gasteiger partial charge in [-0.25, -0.2) is 0 Å². The van der Waals surface area contributed by atoms with Crippen LogP contribution >= 0.6 is 0 Å². The first-order valence-corrected chi connectivity index (χ1v) is 5.47. The van der Waals surface area contributed by atoms with Gasteiger partial charge in [0.15, 0.2) is 0 Å². The lowest BCUT2D eigenvalue weighted by Gasteiger charge is -2.39. The summed E-state index contributed by atoms with van der Waals surface area (Å²) in [6.07, 6.45) is 6.57. The summed E-state index contributed by atoms with van der Waals surface area (Å²) in [5, 5.41) is 0. The maximum absolute atomic E-state index is 5.94. The summed E-state index contributed by atoms with van der Waals surface area (Å²) in [6, 6.07) is 0. The molecule has 0 bridgehead atoms. The molecule has 0 aromatic heterocycles. The average molecular weight is 185 g/mol. The Balaban J connectivity index is 2.50. The van der Waals surface area contributed by atoms with Crippen molar-refractivity contribution in [2.24, 2.45) is 0 Å². The highest BCUT2D eigenvalue weighted by molar-refractivity contribution is 4.86. The Morgan fingerprint density at radius 2 is 1.77 bits per heavy atom. The molecule has 0 N–H and O–H groups in total. The van der Waals surface area contributed by atoms with Crippen LogP contribution in [0.25, 0.3) is 0 Å². The van der Waals surface area contributed by atoms with Gasteiger partial charge in [-0.1, -0.05) is 19.3 Å². The van der Waals surface area contributed by atoms with Gasteiger partial charge in [0.05, 0.1) is 5.60 Å². The molecule has 0 aromatic rings. The van der Waals surface area contributed by atoms with Crippen LogP contribution in [0, 0.1) is 0 Å². The first-order chi connectivity index (χ1) is 6.18. The summed E-state index contributed by atoms with van der Waals surface area (Å²) in [7, 11) is 4.27. The lowest BCUT2D eigenvalue weighted by Crippen LogP contribution is -2.44. The number of hydrogen-bond acceptors (Lipinski definition) is 2. The predicted octanol–water partition coefficient (Wildman–Crippen LogP) is 2.29.